The predicted octanol–water partition coefficient (Wildman–Crippen LogP) is 2.39. The van der Waals surface area contributed by atoms with Crippen molar-refractivity contribution < 1.29 is 13.3 Å². The zero-order valence-electron chi connectivity index (χ0n) is 12.5. The first-order valence-corrected chi connectivity index (χ1v) is 8.62. The van der Waals surface area contributed by atoms with Crippen molar-refractivity contribution in [2.45, 2.75) is 23.9 Å². The van der Waals surface area contributed by atoms with Gasteiger partial charge in [0.15, 0.2) is 0 Å². The molecule has 0 bridgehead atoms. The standard InChI is InChI=1S/C16H16N2O4S/c1-12-7-9-14(10-8-12)23(21,22)17-11-15(18(19)20)16(17)13-5-3-2-4-6-13/h2-10,15-16H,11H2,1H3/t15-,16+/m0/s1. The lowest BCUT2D eigenvalue weighted by atomic mass is 9.93. The van der Waals surface area contributed by atoms with Crippen molar-refractivity contribution in [3.63, 3.8) is 0 Å². The number of hydrogen-bond donors (Lipinski definition) is 0. The number of rotatable bonds is 4. The lowest BCUT2D eigenvalue weighted by Gasteiger charge is -2.41. The van der Waals surface area contributed by atoms with Crippen LogP contribution < -0.4 is 0 Å². The molecule has 0 aliphatic carbocycles. The van der Waals surface area contributed by atoms with E-state index in [9.17, 15) is 18.5 Å². The lowest BCUT2D eigenvalue weighted by Crippen LogP contribution is -2.59. The first-order chi connectivity index (χ1) is 10.9. The molecule has 23 heavy (non-hydrogen) atoms. The van der Waals surface area contributed by atoms with Crippen molar-refractivity contribution in [1.82, 2.24) is 4.31 Å². The van der Waals surface area contributed by atoms with Crippen LogP contribution in [0.15, 0.2) is 59.5 Å². The molecule has 7 heteroatoms. The number of benzene rings is 2. The number of nitrogens with zero attached hydrogens (tertiary/aromatic N) is 2. The van der Waals surface area contributed by atoms with Crippen LogP contribution in [-0.4, -0.2) is 30.2 Å². The van der Waals surface area contributed by atoms with Crippen LogP contribution in [0.2, 0.25) is 0 Å². The molecular weight excluding hydrogens is 316 g/mol. The summed E-state index contributed by atoms with van der Waals surface area (Å²) in [5.74, 6) is 0. The SMILES string of the molecule is Cc1ccc(S(=O)(=O)N2C[C@H]([N+](=O)[O-])[C@H]2c2ccccc2)cc1. The highest BCUT2D eigenvalue weighted by atomic mass is 32.2. The van der Waals surface area contributed by atoms with Gasteiger partial charge < -0.3 is 0 Å². The maximum Gasteiger partial charge on any atom is 0.247 e. The van der Waals surface area contributed by atoms with Gasteiger partial charge in [0.2, 0.25) is 16.1 Å². The Hall–Kier alpha value is -2.25. The van der Waals surface area contributed by atoms with Crippen LogP contribution in [0.1, 0.15) is 17.2 Å². The van der Waals surface area contributed by atoms with Crippen LogP contribution in [0.3, 0.4) is 0 Å². The highest BCUT2D eigenvalue weighted by Gasteiger charge is 2.54. The summed E-state index contributed by atoms with van der Waals surface area (Å²) >= 11 is 0. The van der Waals surface area contributed by atoms with E-state index in [1.54, 1.807) is 42.5 Å². The van der Waals surface area contributed by atoms with Gasteiger partial charge in [0.1, 0.15) is 6.04 Å². The van der Waals surface area contributed by atoms with E-state index < -0.39 is 27.0 Å². The molecule has 0 aromatic heterocycles. The Labute approximate surface area is 134 Å². The normalized spacial score (nSPS) is 21.6. The van der Waals surface area contributed by atoms with Gasteiger partial charge in [-0.2, -0.15) is 4.31 Å². The number of sulfonamides is 1. The molecule has 0 radical (unpaired) electrons. The van der Waals surface area contributed by atoms with Crippen LogP contribution in [0.4, 0.5) is 0 Å². The van der Waals surface area contributed by atoms with E-state index in [-0.39, 0.29) is 11.4 Å². The molecule has 2 aromatic carbocycles. The minimum Gasteiger partial charge on any atom is -0.264 e. The smallest absolute Gasteiger partial charge is 0.247 e. The molecule has 0 spiro atoms. The molecule has 0 N–H and O–H groups in total. The molecule has 0 unspecified atom stereocenters. The molecule has 1 heterocycles. The average molecular weight is 332 g/mol. The fraction of sp³-hybridized carbons (Fsp3) is 0.250. The van der Waals surface area contributed by atoms with Gasteiger partial charge in [0.05, 0.1) is 11.4 Å². The van der Waals surface area contributed by atoms with Crippen LogP contribution in [0.5, 0.6) is 0 Å². The Morgan fingerprint density at radius 3 is 2.26 bits per heavy atom. The van der Waals surface area contributed by atoms with Gasteiger partial charge in [-0.15, -0.1) is 0 Å². The van der Waals surface area contributed by atoms with Gasteiger partial charge in [-0.25, -0.2) is 8.42 Å². The van der Waals surface area contributed by atoms with E-state index in [1.807, 2.05) is 6.92 Å². The van der Waals surface area contributed by atoms with E-state index >= 15 is 0 Å². The first kappa shape index (κ1) is 15.6. The second-order valence-electron chi connectivity index (χ2n) is 5.60. The van der Waals surface area contributed by atoms with Gasteiger partial charge >= 0.3 is 0 Å². The van der Waals surface area contributed by atoms with Crippen LogP contribution >= 0.6 is 0 Å². The van der Waals surface area contributed by atoms with Gasteiger partial charge in [-0.1, -0.05) is 48.0 Å². The Morgan fingerprint density at radius 2 is 1.70 bits per heavy atom. The molecule has 1 aliphatic heterocycles. The van der Waals surface area contributed by atoms with Gasteiger partial charge in [0.25, 0.3) is 0 Å². The first-order valence-electron chi connectivity index (χ1n) is 7.18. The second kappa shape index (κ2) is 5.75. The summed E-state index contributed by atoms with van der Waals surface area (Å²) in [6.45, 7) is 1.76. The molecule has 1 saturated heterocycles. The van der Waals surface area contributed by atoms with Crippen molar-refractivity contribution in [2.75, 3.05) is 6.54 Å². The van der Waals surface area contributed by atoms with E-state index in [1.165, 1.54) is 16.4 Å². The third kappa shape index (κ3) is 2.73. The number of nitro groups is 1. The fourth-order valence-corrected chi connectivity index (χ4v) is 4.43. The van der Waals surface area contributed by atoms with E-state index in [0.29, 0.717) is 5.56 Å². The van der Waals surface area contributed by atoms with E-state index in [4.69, 9.17) is 0 Å². The van der Waals surface area contributed by atoms with Crippen LogP contribution in [-0.2, 0) is 10.0 Å². The Kier molecular flexibility index (Phi) is 3.91. The third-order valence-electron chi connectivity index (χ3n) is 4.08. The predicted molar refractivity (Wildman–Crippen MR) is 85.0 cm³/mol. The maximum atomic E-state index is 12.8. The highest BCUT2D eigenvalue weighted by molar-refractivity contribution is 7.89. The molecule has 1 aliphatic rings. The summed E-state index contributed by atoms with van der Waals surface area (Å²) < 4.78 is 26.8. The Morgan fingerprint density at radius 1 is 1.09 bits per heavy atom. The summed E-state index contributed by atoms with van der Waals surface area (Å²) in [4.78, 5) is 11.0. The van der Waals surface area contributed by atoms with E-state index in [2.05, 4.69) is 0 Å². The minimum atomic E-state index is -3.75. The minimum absolute atomic E-state index is 0.108. The topological polar surface area (TPSA) is 80.5 Å². The molecule has 120 valence electrons. The number of aryl methyl sites for hydroxylation is 1. The summed E-state index contributed by atoms with van der Waals surface area (Å²) in [6.07, 6.45) is 0. The Bertz CT molecular complexity index is 819. The third-order valence-corrected chi connectivity index (χ3v) is 5.94. The molecule has 1 fully saturated rings. The monoisotopic (exact) mass is 332 g/mol. The summed E-state index contributed by atoms with van der Waals surface area (Å²) in [6, 6.07) is 13.6. The average Bonchev–Trinajstić information content (AvgIpc) is 2.47. The lowest BCUT2D eigenvalue weighted by molar-refractivity contribution is -0.546. The van der Waals surface area contributed by atoms with Crippen molar-refractivity contribution >= 4 is 10.0 Å². The summed E-state index contributed by atoms with van der Waals surface area (Å²) in [5, 5.41) is 11.2. The summed E-state index contributed by atoms with van der Waals surface area (Å²) in [5.41, 5.74) is 1.59. The molecule has 3 rings (SSSR count). The van der Waals surface area contributed by atoms with Gasteiger partial charge in [0, 0.05) is 4.92 Å². The molecular formula is C16H16N2O4S. The van der Waals surface area contributed by atoms with Crippen LogP contribution in [0, 0.1) is 17.0 Å². The van der Waals surface area contributed by atoms with Crippen molar-refractivity contribution in [2.24, 2.45) is 0 Å². The maximum absolute atomic E-state index is 12.8. The zero-order chi connectivity index (χ0) is 16.6. The van der Waals surface area contributed by atoms with E-state index in [0.717, 1.165) is 5.56 Å². The molecule has 2 aromatic rings. The quantitative estimate of drug-likeness (QED) is 0.636. The van der Waals surface area contributed by atoms with Gasteiger partial charge in [-0.3, -0.25) is 10.1 Å². The second-order valence-corrected chi connectivity index (χ2v) is 7.49. The van der Waals surface area contributed by atoms with Crippen molar-refractivity contribution in [3.8, 4) is 0 Å². The molecule has 0 amide bonds. The molecule has 2 atom stereocenters. The van der Waals surface area contributed by atoms with Crippen molar-refractivity contribution in [3.05, 3.63) is 75.8 Å². The fourth-order valence-electron chi connectivity index (χ4n) is 2.77. The number of hydrogen-bond acceptors (Lipinski definition) is 4. The summed E-state index contributed by atoms with van der Waals surface area (Å²) in [7, 11) is -3.75. The highest BCUT2D eigenvalue weighted by Crippen LogP contribution is 2.39. The molecule has 0 saturated carbocycles. The van der Waals surface area contributed by atoms with Gasteiger partial charge in [-0.05, 0) is 24.6 Å². The van der Waals surface area contributed by atoms with Crippen molar-refractivity contribution in [1.29, 1.82) is 0 Å². The Balaban J connectivity index is 1.98. The molecule has 6 nitrogen and oxygen atoms in total. The zero-order valence-corrected chi connectivity index (χ0v) is 13.3. The largest absolute Gasteiger partial charge is 0.264 e. The van der Waals surface area contributed by atoms with Crippen LogP contribution in [0.25, 0.3) is 0 Å².